The van der Waals surface area contributed by atoms with Crippen LogP contribution in [0.5, 0.6) is 0 Å². The number of carboxylic acids is 1. The second-order valence-corrected chi connectivity index (χ2v) is 8.48. The summed E-state index contributed by atoms with van der Waals surface area (Å²) in [4.78, 5) is 11.1. The van der Waals surface area contributed by atoms with Gasteiger partial charge in [0.05, 0.1) is 15.1 Å². The number of rotatable bonds is 4. The van der Waals surface area contributed by atoms with Crippen LogP contribution >= 0.6 is 57.4 Å². The maximum atomic E-state index is 11.8. The summed E-state index contributed by atoms with van der Waals surface area (Å²) in [5.74, 6) is -2.55. The molecule has 0 aromatic heterocycles. The molecule has 5 nitrogen and oxygen atoms in total. The van der Waals surface area contributed by atoms with E-state index >= 15 is 0 Å². The zero-order valence-electron chi connectivity index (χ0n) is 11.5. The van der Waals surface area contributed by atoms with Gasteiger partial charge in [0.15, 0.2) is 0 Å². The van der Waals surface area contributed by atoms with Crippen molar-refractivity contribution >= 4 is 73.5 Å². The Balaban J connectivity index is 2.81. The molecule has 0 amide bonds. The molecule has 0 saturated heterocycles. The molecule has 128 valence electrons. The lowest BCUT2D eigenvalue weighted by molar-refractivity contribution is -0.137. The summed E-state index contributed by atoms with van der Waals surface area (Å²) in [5.41, 5.74) is 0.282. The molecule has 0 aliphatic rings. The van der Waals surface area contributed by atoms with Gasteiger partial charge < -0.3 is 5.11 Å². The number of hydrogen-bond acceptors (Lipinski definition) is 3. The van der Waals surface area contributed by atoms with E-state index in [1.165, 1.54) is 0 Å². The molecule has 10 heteroatoms. The van der Waals surface area contributed by atoms with Gasteiger partial charge in [-0.2, -0.15) is 8.42 Å². The number of carboxylic acid groups (broad SMARTS) is 1. The number of halogens is 4. The normalized spacial score (nSPS) is 12.9. The number of aliphatic carboxylic acids is 1. The van der Waals surface area contributed by atoms with Gasteiger partial charge >= 0.3 is 5.97 Å². The van der Waals surface area contributed by atoms with E-state index < -0.39 is 31.9 Å². The monoisotopic (exact) mass is 520 g/mol. The van der Waals surface area contributed by atoms with Crippen molar-refractivity contribution in [1.82, 2.24) is 0 Å². The van der Waals surface area contributed by atoms with Gasteiger partial charge in [-0.1, -0.05) is 46.9 Å². The number of benzene rings is 2. The Bertz CT molecular complexity index is 930. The van der Waals surface area contributed by atoms with Gasteiger partial charge in [-0.3, -0.25) is 9.35 Å². The van der Waals surface area contributed by atoms with Gasteiger partial charge in [-0.15, -0.1) is 0 Å². The fourth-order valence-corrected chi connectivity index (χ4v) is 4.32. The second-order valence-electron chi connectivity index (χ2n) is 4.71. The fourth-order valence-electron chi connectivity index (χ4n) is 2.14. The van der Waals surface area contributed by atoms with Crippen molar-refractivity contribution < 1.29 is 22.9 Å². The van der Waals surface area contributed by atoms with Gasteiger partial charge in [0.25, 0.3) is 10.1 Å². The average Bonchev–Trinajstić information content (AvgIpc) is 2.46. The summed E-state index contributed by atoms with van der Waals surface area (Å²) in [6, 6.07) is 7.52. The minimum absolute atomic E-state index is 0.0896. The summed E-state index contributed by atoms with van der Waals surface area (Å²) in [6.07, 6.45) is 0. The van der Waals surface area contributed by atoms with E-state index in [0.29, 0.717) is 5.56 Å². The smallest absolute Gasteiger partial charge is 0.315 e. The Morgan fingerprint density at radius 1 is 1.08 bits per heavy atom. The van der Waals surface area contributed by atoms with Crippen molar-refractivity contribution in [1.29, 1.82) is 0 Å². The van der Waals surface area contributed by atoms with Crippen LogP contribution < -0.4 is 0 Å². The predicted molar refractivity (Wildman–Crippen MR) is 99.9 cm³/mol. The minimum Gasteiger partial charge on any atom is -0.481 e. The van der Waals surface area contributed by atoms with E-state index in [1.807, 2.05) is 22.6 Å². The van der Waals surface area contributed by atoms with Gasteiger partial charge in [-0.05, 0) is 51.9 Å². The Hall–Kier alpha value is -0.580. The van der Waals surface area contributed by atoms with Gasteiger partial charge in [0.1, 0.15) is 10.8 Å². The third-order valence-corrected chi connectivity index (χ3v) is 6.19. The van der Waals surface area contributed by atoms with E-state index in [1.54, 1.807) is 24.3 Å². The van der Waals surface area contributed by atoms with Crippen molar-refractivity contribution in [3.8, 4) is 0 Å². The maximum Gasteiger partial charge on any atom is 0.315 e. The van der Waals surface area contributed by atoms with Crippen LogP contribution in [0.15, 0.2) is 35.2 Å². The summed E-state index contributed by atoms with van der Waals surface area (Å²) in [7, 11) is -4.71. The summed E-state index contributed by atoms with van der Waals surface area (Å²) >= 11 is 19.8. The fraction of sp³-hybridized carbons (Fsp3) is 0.0714. The SMILES string of the molecule is O=C(O)C(c1cccc(I)c1)c1cc(S(=O)(=O)O)c(Cl)c(Cl)c1Cl. The van der Waals surface area contributed by atoms with Crippen LogP contribution in [0.3, 0.4) is 0 Å². The van der Waals surface area contributed by atoms with Crippen LogP contribution in [0.25, 0.3) is 0 Å². The van der Waals surface area contributed by atoms with Crippen LogP contribution in [-0.4, -0.2) is 24.0 Å². The molecule has 0 aliphatic heterocycles. The Morgan fingerprint density at radius 3 is 2.21 bits per heavy atom. The highest BCUT2D eigenvalue weighted by atomic mass is 127. The molecule has 2 aromatic rings. The van der Waals surface area contributed by atoms with Crippen LogP contribution in [0.1, 0.15) is 17.0 Å². The molecule has 0 fully saturated rings. The van der Waals surface area contributed by atoms with E-state index in [9.17, 15) is 22.9 Å². The molecular weight excluding hydrogens is 513 g/mol. The number of hydrogen-bond donors (Lipinski definition) is 2. The van der Waals surface area contributed by atoms with Crippen molar-refractivity contribution in [3.63, 3.8) is 0 Å². The van der Waals surface area contributed by atoms with E-state index in [-0.39, 0.29) is 15.6 Å². The lowest BCUT2D eigenvalue weighted by atomic mass is 9.91. The van der Waals surface area contributed by atoms with Crippen molar-refractivity contribution in [2.75, 3.05) is 0 Å². The molecule has 2 aromatic carbocycles. The molecule has 2 rings (SSSR count). The molecule has 0 saturated carbocycles. The molecule has 0 heterocycles. The standard InChI is InChI=1S/C14H8Cl3IO5S/c15-11-8(5-9(24(21,22)23)12(16)13(11)17)10(14(19)20)6-2-1-3-7(18)4-6/h1-5,10H,(H,19,20)(H,21,22,23). The Kier molecular flexibility index (Phi) is 6.04. The van der Waals surface area contributed by atoms with Crippen molar-refractivity contribution in [2.45, 2.75) is 10.8 Å². The molecule has 2 N–H and O–H groups in total. The molecule has 0 spiro atoms. The molecule has 1 unspecified atom stereocenters. The Morgan fingerprint density at radius 2 is 1.71 bits per heavy atom. The van der Waals surface area contributed by atoms with Crippen molar-refractivity contribution in [2.24, 2.45) is 0 Å². The zero-order valence-corrected chi connectivity index (χ0v) is 16.7. The minimum atomic E-state index is -4.71. The molecule has 0 aliphatic carbocycles. The lowest BCUT2D eigenvalue weighted by Crippen LogP contribution is -2.15. The topological polar surface area (TPSA) is 91.7 Å². The van der Waals surface area contributed by atoms with E-state index in [0.717, 1.165) is 9.64 Å². The molecule has 0 radical (unpaired) electrons. The summed E-state index contributed by atoms with van der Waals surface area (Å²) in [5, 5.41) is 8.59. The highest BCUT2D eigenvalue weighted by Gasteiger charge is 2.30. The first-order valence-corrected chi connectivity index (χ1v) is 9.82. The summed E-state index contributed by atoms with van der Waals surface area (Å²) in [6.45, 7) is 0. The zero-order chi connectivity index (χ0) is 18.2. The first-order valence-electron chi connectivity index (χ1n) is 6.17. The van der Waals surface area contributed by atoms with Crippen molar-refractivity contribution in [3.05, 3.63) is 60.1 Å². The number of carbonyl (C=O) groups is 1. The van der Waals surface area contributed by atoms with Gasteiger partial charge in [0, 0.05) is 3.57 Å². The molecule has 0 bridgehead atoms. The maximum absolute atomic E-state index is 11.8. The molecule has 1 atom stereocenters. The quantitative estimate of drug-likeness (QED) is 0.345. The van der Waals surface area contributed by atoms with Crippen LogP contribution in [0, 0.1) is 3.57 Å². The second kappa shape index (κ2) is 7.35. The molecular formula is C14H8Cl3IO5S. The van der Waals surface area contributed by atoms with Gasteiger partial charge in [0.2, 0.25) is 0 Å². The lowest BCUT2D eigenvalue weighted by Gasteiger charge is -2.18. The van der Waals surface area contributed by atoms with Crippen LogP contribution in [0.2, 0.25) is 15.1 Å². The third kappa shape index (κ3) is 3.97. The van der Waals surface area contributed by atoms with Gasteiger partial charge in [-0.25, -0.2) is 0 Å². The summed E-state index contributed by atoms with van der Waals surface area (Å²) < 4.78 is 33.0. The largest absolute Gasteiger partial charge is 0.481 e. The Labute approximate surface area is 166 Å². The first-order chi connectivity index (χ1) is 11.0. The van der Waals surface area contributed by atoms with E-state index in [4.69, 9.17) is 34.8 Å². The third-order valence-electron chi connectivity index (χ3n) is 3.16. The highest BCUT2D eigenvalue weighted by molar-refractivity contribution is 14.1. The highest BCUT2D eigenvalue weighted by Crippen LogP contribution is 2.42. The van der Waals surface area contributed by atoms with Crippen LogP contribution in [0.4, 0.5) is 0 Å². The predicted octanol–water partition coefficient (Wildman–Crippen LogP) is 4.71. The average molecular weight is 522 g/mol. The van der Waals surface area contributed by atoms with Crippen LogP contribution in [-0.2, 0) is 14.9 Å². The molecule has 24 heavy (non-hydrogen) atoms. The first kappa shape index (κ1) is 19.7. The van der Waals surface area contributed by atoms with E-state index in [2.05, 4.69) is 0 Å².